The Morgan fingerprint density at radius 3 is 3.00 bits per heavy atom. The summed E-state index contributed by atoms with van der Waals surface area (Å²) in [6, 6.07) is 2.02. The number of rotatable bonds is 4. The molecular weight excluding hydrogens is 202 g/mol. The van der Waals surface area contributed by atoms with Gasteiger partial charge < -0.3 is 5.73 Å². The van der Waals surface area contributed by atoms with E-state index in [0.717, 1.165) is 29.8 Å². The van der Waals surface area contributed by atoms with Crippen molar-refractivity contribution in [1.29, 1.82) is 0 Å². The maximum Gasteiger partial charge on any atom is 0.0849 e. The maximum atomic E-state index is 5.45. The van der Waals surface area contributed by atoms with Crippen LogP contribution >= 0.6 is 0 Å². The van der Waals surface area contributed by atoms with Gasteiger partial charge in [0.05, 0.1) is 23.8 Å². The third-order valence-corrected chi connectivity index (χ3v) is 2.30. The third kappa shape index (κ3) is 2.43. The van der Waals surface area contributed by atoms with Crippen molar-refractivity contribution in [3.63, 3.8) is 0 Å². The van der Waals surface area contributed by atoms with Crippen molar-refractivity contribution in [2.75, 3.05) is 6.54 Å². The fourth-order valence-corrected chi connectivity index (χ4v) is 1.49. The van der Waals surface area contributed by atoms with Crippen molar-refractivity contribution in [2.24, 2.45) is 5.73 Å². The molecule has 0 aliphatic rings. The Labute approximate surface area is 94.3 Å². The molecule has 2 aromatic rings. The molecule has 0 fully saturated rings. The molecule has 0 saturated carbocycles. The first-order chi connectivity index (χ1) is 7.79. The average molecular weight is 217 g/mol. The molecule has 16 heavy (non-hydrogen) atoms. The molecule has 0 aromatic carbocycles. The van der Waals surface area contributed by atoms with Crippen LogP contribution in [-0.4, -0.2) is 26.5 Å². The van der Waals surface area contributed by atoms with E-state index in [0.29, 0.717) is 6.54 Å². The fraction of sp³-hybridized carbons (Fsp3) is 0.364. The van der Waals surface area contributed by atoms with Crippen molar-refractivity contribution in [3.05, 3.63) is 35.9 Å². The average Bonchev–Trinajstić information content (AvgIpc) is 2.75. The minimum atomic E-state index is 0.679. The van der Waals surface area contributed by atoms with E-state index in [1.165, 1.54) is 0 Å². The topological polar surface area (TPSA) is 69.6 Å². The van der Waals surface area contributed by atoms with Gasteiger partial charge in [-0.25, -0.2) is 4.68 Å². The Balaban J connectivity index is 2.18. The Hall–Kier alpha value is -1.75. The van der Waals surface area contributed by atoms with Crippen LogP contribution in [0, 0.1) is 6.92 Å². The zero-order valence-corrected chi connectivity index (χ0v) is 9.30. The van der Waals surface area contributed by atoms with Crippen LogP contribution in [-0.2, 0) is 6.42 Å². The Kier molecular flexibility index (Phi) is 3.26. The minimum Gasteiger partial charge on any atom is -0.330 e. The molecule has 2 N–H and O–H groups in total. The molecule has 0 aliphatic carbocycles. The molecule has 0 spiro atoms. The van der Waals surface area contributed by atoms with Crippen LogP contribution in [0.4, 0.5) is 0 Å². The molecule has 0 unspecified atom stereocenters. The van der Waals surface area contributed by atoms with Crippen molar-refractivity contribution in [1.82, 2.24) is 20.0 Å². The fourth-order valence-electron chi connectivity index (χ4n) is 1.49. The summed E-state index contributed by atoms with van der Waals surface area (Å²) in [5.74, 6) is 0. The Morgan fingerprint density at radius 2 is 2.25 bits per heavy atom. The van der Waals surface area contributed by atoms with E-state index in [2.05, 4.69) is 15.3 Å². The second-order valence-corrected chi connectivity index (χ2v) is 3.77. The van der Waals surface area contributed by atoms with Crippen LogP contribution in [0.5, 0.6) is 0 Å². The van der Waals surface area contributed by atoms with E-state index in [9.17, 15) is 0 Å². The summed E-state index contributed by atoms with van der Waals surface area (Å²) >= 11 is 0. The van der Waals surface area contributed by atoms with E-state index >= 15 is 0 Å². The second-order valence-electron chi connectivity index (χ2n) is 3.77. The number of nitrogens with two attached hydrogens (primary N) is 1. The molecule has 5 heteroatoms. The number of hydrogen-bond donors (Lipinski definition) is 1. The number of aromatic nitrogens is 4. The third-order valence-electron chi connectivity index (χ3n) is 2.30. The zero-order valence-electron chi connectivity index (χ0n) is 9.30. The van der Waals surface area contributed by atoms with Gasteiger partial charge in [-0.2, -0.15) is 0 Å². The maximum absolute atomic E-state index is 5.45. The van der Waals surface area contributed by atoms with Crippen LogP contribution in [0.3, 0.4) is 0 Å². The standard InChI is InChI=1S/C11H15N5/c1-9-5-11(7-13-6-9)16-8-10(14-15-16)3-2-4-12/h5-8H,2-4,12H2,1H3. The summed E-state index contributed by atoms with van der Waals surface area (Å²) in [5, 5.41) is 8.16. The van der Waals surface area contributed by atoms with Crippen LogP contribution in [0.25, 0.3) is 5.69 Å². The predicted molar refractivity (Wildman–Crippen MR) is 61.3 cm³/mol. The highest BCUT2D eigenvalue weighted by atomic mass is 15.4. The molecule has 2 heterocycles. The monoisotopic (exact) mass is 217 g/mol. The molecule has 0 radical (unpaired) electrons. The number of hydrogen-bond acceptors (Lipinski definition) is 4. The van der Waals surface area contributed by atoms with E-state index in [1.807, 2.05) is 25.4 Å². The number of aryl methyl sites for hydroxylation is 2. The van der Waals surface area contributed by atoms with E-state index < -0.39 is 0 Å². The molecule has 0 bridgehead atoms. The van der Waals surface area contributed by atoms with Gasteiger partial charge in [0.2, 0.25) is 0 Å². The quantitative estimate of drug-likeness (QED) is 0.824. The van der Waals surface area contributed by atoms with E-state index in [-0.39, 0.29) is 0 Å². The van der Waals surface area contributed by atoms with Gasteiger partial charge >= 0.3 is 0 Å². The Morgan fingerprint density at radius 1 is 1.38 bits per heavy atom. The van der Waals surface area contributed by atoms with Gasteiger partial charge in [-0.05, 0) is 37.9 Å². The van der Waals surface area contributed by atoms with Crippen LogP contribution in [0.15, 0.2) is 24.7 Å². The SMILES string of the molecule is Cc1cncc(-n2cc(CCCN)nn2)c1. The van der Waals surface area contributed by atoms with Gasteiger partial charge in [0.25, 0.3) is 0 Å². The summed E-state index contributed by atoms with van der Waals surface area (Å²) in [7, 11) is 0. The molecule has 0 aliphatic heterocycles. The lowest BCUT2D eigenvalue weighted by Crippen LogP contribution is -2.00. The summed E-state index contributed by atoms with van der Waals surface area (Å²) < 4.78 is 1.74. The molecule has 2 rings (SSSR count). The molecule has 84 valence electrons. The van der Waals surface area contributed by atoms with Crippen LogP contribution < -0.4 is 5.73 Å². The molecule has 5 nitrogen and oxygen atoms in total. The highest BCUT2D eigenvalue weighted by Crippen LogP contribution is 2.07. The van der Waals surface area contributed by atoms with Gasteiger partial charge in [-0.15, -0.1) is 5.10 Å². The minimum absolute atomic E-state index is 0.679. The highest BCUT2D eigenvalue weighted by molar-refractivity contribution is 5.30. The predicted octanol–water partition coefficient (Wildman–Crippen LogP) is 0.862. The first kappa shape index (κ1) is 10.8. The van der Waals surface area contributed by atoms with Crippen LogP contribution in [0.1, 0.15) is 17.7 Å². The van der Waals surface area contributed by atoms with Gasteiger partial charge in [0.1, 0.15) is 0 Å². The molecule has 0 atom stereocenters. The largest absolute Gasteiger partial charge is 0.330 e. The number of nitrogens with zero attached hydrogens (tertiary/aromatic N) is 4. The van der Waals surface area contributed by atoms with Crippen molar-refractivity contribution >= 4 is 0 Å². The van der Waals surface area contributed by atoms with Crippen molar-refractivity contribution in [2.45, 2.75) is 19.8 Å². The first-order valence-corrected chi connectivity index (χ1v) is 5.33. The van der Waals surface area contributed by atoms with Crippen LogP contribution in [0.2, 0.25) is 0 Å². The summed E-state index contributed by atoms with van der Waals surface area (Å²) in [6.45, 7) is 2.68. The van der Waals surface area contributed by atoms with Crippen molar-refractivity contribution < 1.29 is 0 Å². The lowest BCUT2D eigenvalue weighted by atomic mass is 10.2. The van der Waals surface area contributed by atoms with E-state index in [1.54, 1.807) is 10.9 Å². The second kappa shape index (κ2) is 4.85. The smallest absolute Gasteiger partial charge is 0.0849 e. The first-order valence-electron chi connectivity index (χ1n) is 5.33. The van der Waals surface area contributed by atoms with Crippen molar-refractivity contribution in [3.8, 4) is 5.69 Å². The Bertz CT molecular complexity index is 463. The summed E-state index contributed by atoms with van der Waals surface area (Å²) in [6.07, 6.45) is 7.32. The molecular formula is C11H15N5. The lowest BCUT2D eigenvalue weighted by molar-refractivity contribution is 0.777. The molecule has 2 aromatic heterocycles. The van der Waals surface area contributed by atoms with Gasteiger partial charge in [-0.3, -0.25) is 4.98 Å². The normalized spacial score (nSPS) is 10.6. The number of pyridine rings is 1. The van der Waals surface area contributed by atoms with Gasteiger partial charge in [-0.1, -0.05) is 5.21 Å². The van der Waals surface area contributed by atoms with Gasteiger partial charge in [0, 0.05) is 6.20 Å². The zero-order chi connectivity index (χ0) is 11.4. The molecule has 0 saturated heterocycles. The highest BCUT2D eigenvalue weighted by Gasteiger charge is 2.02. The van der Waals surface area contributed by atoms with E-state index in [4.69, 9.17) is 5.73 Å². The summed E-state index contributed by atoms with van der Waals surface area (Å²) in [5.41, 5.74) is 8.46. The lowest BCUT2D eigenvalue weighted by Gasteiger charge is -1.99. The molecule has 0 amide bonds. The summed E-state index contributed by atoms with van der Waals surface area (Å²) in [4.78, 5) is 4.12. The van der Waals surface area contributed by atoms with Gasteiger partial charge in [0.15, 0.2) is 0 Å².